The number of aromatic nitrogens is 1. The molecule has 7 heteroatoms. The fourth-order valence-corrected chi connectivity index (χ4v) is 2.30. The lowest BCUT2D eigenvalue weighted by atomic mass is 10.1. The third kappa shape index (κ3) is 2.52. The van der Waals surface area contributed by atoms with Crippen molar-refractivity contribution in [3.8, 4) is 0 Å². The van der Waals surface area contributed by atoms with Crippen molar-refractivity contribution in [2.75, 3.05) is 0 Å². The number of carbonyl (C=O) groups is 2. The van der Waals surface area contributed by atoms with Gasteiger partial charge >= 0.3 is 11.9 Å². The van der Waals surface area contributed by atoms with Crippen LogP contribution in [-0.2, 0) is 11.2 Å². The highest BCUT2D eigenvalue weighted by Crippen LogP contribution is 2.34. The van der Waals surface area contributed by atoms with Crippen molar-refractivity contribution in [2.45, 2.75) is 12.8 Å². The number of aliphatic carboxylic acids is 1. The van der Waals surface area contributed by atoms with Crippen molar-refractivity contribution >= 4 is 46.0 Å². The van der Waals surface area contributed by atoms with Gasteiger partial charge in [0.05, 0.1) is 15.6 Å². The van der Waals surface area contributed by atoms with E-state index in [-0.39, 0.29) is 23.6 Å². The Morgan fingerprint density at radius 1 is 1.21 bits per heavy atom. The fourth-order valence-electron chi connectivity index (χ4n) is 1.93. The number of aryl methyl sites for hydroxylation is 1. The van der Waals surface area contributed by atoms with Crippen LogP contribution in [-0.4, -0.2) is 27.1 Å². The normalized spacial score (nSPS) is 10.8. The van der Waals surface area contributed by atoms with Gasteiger partial charge in [-0.15, -0.1) is 0 Å². The van der Waals surface area contributed by atoms with Crippen molar-refractivity contribution in [1.82, 2.24) is 4.98 Å². The Morgan fingerprint density at radius 3 is 2.47 bits per heavy atom. The molecule has 0 aliphatic heterocycles. The molecular formula is C12H9Cl2NO4. The van der Waals surface area contributed by atoms with E-state index in [2.05, 4.69) is 4.98 Å². The summed E-state index contributed by atoms with van der Waals surface area (Å²) < 4.78 is 0. The molecule has 0 bridgehead atoms. The zero-order valence-corrected chi connectivity index (χ0v) is 11.0. The predicted octanol–water partition coefficient (Wildman–Crippen LogP) is 3.19. The maximum atomic E-state index is 11.2. The minimum atomic E-state index is -1.16. The highest BCUT2D eigenvalue weighted by molar-refractivity contribution is 6.45. The van der Waals surface area contributed by atoms with Crippen molar-refractivity contribution in [3.05, 3.63) is 33.4 Å². The molecule has 2 aromatic rings. The van der Waals surface area contributed by atoms with Gasteiger partial charge in [-0.05, 0) is 18.1 Å². The monoisotopic (exact) mass is 301 g/mol. The molecule has 0 amide bonds. The molecule has 100 valence electrons. The van der Waals surface area contributed by atoms with Crippen molar-refractivity contribution < 1.29 is 19.8 Å². The van der Waals surface area contributed by atoms with Crippen LogP contribution >= 0.6 is 23.2 Å². The number of halogens is 2. The molecule has 1 heterocycles. The lowest BCUT2D eigenvalue weighted by molar-refractivity contribution is -0.136. The van der Waals surface area contributed by atoms with Crippen LogP contribution in [0.1, 0.15) is 22.5 Å². The van der Waals surface area contributed by atoms with E-state index in [1.54, 1.807) is 12.1 Å². The maximum Gasteiger partial charge on any atom is 0.352 e. The summed E-state index contributed by atoms with van der Waals surface area (Å²) >= 11 is 11.9. The van der Waals surface area contributed by atoms with Crippen LogP contribution in [0.15, 0.2) is 12.1 Å². The molecule has 1 aromatic carbocycles. The first-order valence-electron chi connectivity index (χ1n) is 5.35. The first-order chi connectivity index (χ1) is 8.91. The summed E-state index contributed by atoms with van der Waals surface area (Å²) in [5, 5.41) is 19.0. The van der Waals surface area contributed by atoms with Gasteiger partial charge in [0.15, 0.2) is 0 Å². The second kappa shape index (κ2) is 5.11. The number of nitrogens with one attached hydrogen (secondary N) is 1. The molecule has 0 aliphatic carbocycles. The Balaban J connectivity index is 2.64. The number of aromatic amines is 1. The molecule has 0 saturated carbocycles. The highest BCUT2D eigenvalue weighted by Gasteiger charge is 2.19. The summed E-state index contributed by atoms with van der Waals surface area (Å²) in [5.74, 6) is -2.16. The molecule has 0 spiro atoms. The van der Waals surface area contributed by atoms with E-state index in [4.69, 9.17) is 33.4 Å². The van der Waals surface area contributed by atoms with Gasteiger partial charge in [0.2, 0.25) is 0 Å². The molecule has 0 atom stereocenters. The van der Waals surface area contributed by atoms with Crippen LogP contribution in [0.3, 0.4) is 0 Å². The largest absolute Gasteiger partial charge is 0.481 e. The molecule has 3 N–H and O–H groups in total. The van der Waals surface area contributed by atoms with Gasteiger partial charge in [-0.2, -0.15) is 0 Å². The lowest BCUT2D eigenvalue weighted by Gasteiger charge is -2.00. The van der Waals surface area contributed by atoms with Crippen molar-refractivity contribution in [1.29, 1.82) is 0 Å². The summed E-state index contributed by atoms with van der Waals surface area (Å²) in [7, 11) is 0. The first-order valence-corrected chi connectivity index (χ1v) is 6.11. The number of H-pyrrole nitrogens is 1. The Bertz CT molecular complexity index is 678. The minimum Gasteiger partial charge on any atom is -0.481 e. The lowest BCUT2D eigenvalue weighted by Crippen LogP contribution is -2.04. The number of carboxylic acids is 2. The summed E-state index contributed by atoms with van der Waals surface area (Å²) in [5.41, 5.74) is 0.774. The van der Waals surface area contributed by atoms with E-state index >= 15 is 0 Å². The average molecular weight is 302 g/mol. The van der Waals surface area contributed by atoms with E-state index in [0.29, 0.717) is 21.5 Å². The third-order valence-electron chi connectivity index (χ3n) is 2.77. The smallest absolute Gasteiger partial charge is 0.352 e. The van der Waals surface area contributed by atoms with Gasteiger partial charge in [0, 0.05) is 11.8 Å². The van der Waals surface area contributed by atoms with Gasteiger partial charge in [0.1, 0.15) is 5.69 Å². The number of rotatable bonds is 4. The van der Waals surface area contributed by atoms with Gasteiger partial charge in [-0.25, -0.2) is 4.79 Å². The zero-order chi connectivity index (χ0) is 14.2. The predicted molar refractivity (Wildman–Crippen MR) is 71.2 cm³/mol. The Labute approximate surface area is 117 Å². The van der Waals surface area contributed by atoms with Crippen molar-refractivity contribution in [3.63, 3.8) is 0 Å². The fraction of sp³-hybridized carbons (Fsp3) is 0.167. The van der Waals surface area contributed by atoms with Gasteiger partial charge in [-0.1, -0.05) is 29.3 Å². The van der Waals surface area contributed by atoms with Gasteiger partial charge < -0.3 is 15.2 Å². The second-order valence-electron chi connectivity index (χ2n) is 3.96. The van der Waals surface area contributed by atoms with Crippen LogP contribution in [0.5, 0.6) is 0 Å². The van der Waals surface area contributed by atoms with Crippen LogP contribution in [0, 0.1) is 0 Å². The van der Waals surface area contributed by atoms with Crippen LogP contribution < -0.4 is 0 Å². The average Bonchev–Trinajstić information content (AvgIpc) is 2.70. The number of aromatic carboxylic acids is 1. The molecule has 1 aromatic heterocycles. The molecule has 0 saturated heterocycles. The number of hydrogen-bond donors (Lipinski definition) is 3. The zero-order valence-electron chi connectivity index (χ0n) is 9.54. The summed E-state index contributed by atoms with van der Waals surface area (Å²) in [6, 6.07) is 3.18. The Hall–Kier alpha value is -1.72. The topological polar surface area (TPSA) is 90.4 Å². The third-order valence-corrected chi connectivity index (χ3v) is 3.58. The summed E-state index contributed by atoms with van der Waals surface area (Å²) in [4.78, 5) is 24.5. The Kier molecular flexibility index (Phi) is 3.68. The molecule has 0 radical (unpaired) electrons. The number of benzene rings is 1. The van der Waals surface area contributed by atoms with Crippen LogP contribution in [0.25, 0.3) is 10.9 Å². The first kappa shape index (κ1) is 13.7. The SMILES string of the molecule is O=C(O)CCc1c(C(=O)O)[nH]c2c(Cl)c(Cl)ccc12. The molecule has 2 rings (SSSR count). The number of carboxylic acid groups (broad SMARTS) is 2. The van der Waals surface area contributed by atoms with E-state index in [9.17, 15) is 9.59 Å². The molecular weight excluding hydrogens is 293 g/mol. The number of fused-ring (bicyclic) bond motifs is 1. The molecule has 0 unspecified atom stereocenters. The highest BCUT2D eigenvalue weighted by atomic mass is 35.5. The summed E-state index contributed by atoms with van der Waals surface area (Å²) in [6.07, 6.45) is -0.0532. The van der Waals surface area contributed by atoms with Gasteiger partial charge in [-0.3, -0.25) is 4.79 Å². The Morgan fingerprint density at radius 2 is 1.89 bits per heavy atom. The van der Waals surface area contributed by atoms with Crippen LogP contribution in [0.2, 0.25) is 10.0 Å². The molecule has 0 aliphatic rings. The van der Waals surface area contributed by atoms with E-state index < -0.39 is 11.9 Å². The number of hydrogen-bond acceptors (Lipinski definition) is 2. The summed E-state index contributed by atoms with van der Waals surface area (Å²) in [6.45, 7) is 0. The molecule has 5 nitrogen and oxygen atoms in total. The quantitative estimate of drug-likeness (QED) is 0.809. The van der Waals surface area contributed by atoms with E-state index in [1.165, 1.54) is 0 Å². The maximum absolute atomic E-state index is 11.2. The standard InChI is InChI=1S/C12H9Cl2NO4/c13-7-3-1-5-6(2-4-8(16)17)11(12(18)19)15-10(5)9(7)14/h1,3,15H,2,4H2,(H,16,17)(H,18,19). The molecule has 0 fully saturated rings. The second-order valence-corrected chi connectivity index (χ2v) is 4.75. The van der Waals surface area contributed by atoms with E-state index in [1.807, 2.05) is 0 Å². The van der Waals surface area contributed by atoms with E-state index in [0.717, 1.165) is 0 Å². The van der Waals surface area contributed by atoms with Gasteiger partial charge in [0.25, 0.3) is 0 Å². The van der Waals surface area contributed by atoms with Crippen LogP contribution in [0.4, 0.5) is 0 Å². The molecule has 19 heavy (non-hydrogen) atoms. The van der Waals surface area contributed by atoms with Crippen molar-refractivity contribution in [2.24, 2.45) is 0 Å². The minimum absolute atomic E-state index is 0.0552.